The fraction of sp³-hybridized carbons (Fsp3) is 0.625. The molecule has 0 amide bonds. The van der Waals surface area contributed by atoms with Crippen LogP contribution in [0.1, 0.15) is 57.8 Å². The fourth-order valence-electron chi connectivity index (χ4n) is 2.61. The van der Waals surface area contributed by atoms with Crippen LogP contribution in [0.4, 0.5) is 0 Å². The molecule has 2 rings (SSSR count). The second-order valence-electron chi connectivity index (χ2n) is 5.29. The SMILES string of the molecule is Oc1ccc(SC2CCCCCCCCC2)cc1. The van der Waals surface area contributed by atoms with Gasteiger partial charge in [0.05, 0.1) is 0 Å². The number of benzene rings is 1. The van der Waals surface area contributed by atoms with E-state index in [4.69, 9.17) is 0 Å². The van der Waals surface area contributed by atoms with Crippen LogP contribution in [0.5, 0.6) is 5.75 Å². The van der Waals surface area contributed by atoms with Gasteiger partial charge in [-0.1, -0.05) is 44.9 Å². The van der Waals surface area contributed by atoms with E-state index in [1.54, 1.807) is 12.1 Å². The van der Waals surface area contributed by atoms with Gasteiger partial charge >= 0.3 is 0 Å². The lowest BCUT2D eigenvalue weighted by Gasteiger charge is -2.18. The summed E-state index contributed by atoms with van der Waals surface area (Å²) in [4.78, 5) is 1.30. The van der Waals surface area contributed by atoms with Crippen molar-refractivity contribution in [3.8, 4) is 5.75 Å². The first-order valence-corrected chi connectivity index (χ1v) is 8.18. The predicted molar refractivity (Wildman–Crippen MR) is 79.3 cm³/mol. The molecule has 0 aliphatic heterocycles. The van der Waals surface area contributed by atoms with E-state index in [1.807, 2.05) is 23.9 Å². The van der Waals surface area contributed by atoms with Gasteiger partial charge in [-0.05, 0) is 37.1 Å². The van der Waals surface area contributed by atoms with E-state index in [9.17, 15) is 5.11 Å². The van der Waals surface area contributed by atoms with Crippen LogP contribution >= 0.6 is 11.8 Å². The quantitative estimate of drug-likeness (QED) is 0.774. The highest BCUT2D eigenvalue weighted by Crippen LogP contribution is 2.32. The topological polar surface area (TPSA) is 20.2 Å². The molecule has 0 spiro atoms. The third kappa shape index (κ3) is 4.93. The molecule has 2 heteroatoms. The van der Waals surface area contributed by atoms with Gasteiger partial charge in [0.25, 0.3) is 0 Å². The Morgan fingerprint density at radius 1 is 0.778 bits per heavy atom. The average molecular weight is 264 g/mol. The van der Waals surface area contributed by atoms with Gasteiger partial charge in [-0.25, -0.2) is 0 Å². The number of hydrogen-bond acceptors (Lipinski definition) is 2. The maximum Gasteiger partial charge on any atom is 0.115 e. The van der Waals surface area contributed by atoms with Crippen LogP contribution in [0.3, 0.4) is 0 Å². The van der Waals surface area contributed by atoms with Gasteiger partial charge in [0.1, 0.15) is 5.75 Å². The van der Waals surface area contributed by atoms with Crippen molar-refractivity contribution < 1.29 is 5.11 Å². The van der Waals surface area contributed by atoms with Crippen molar-refractivity contribution >= 4 is 11.8 Å². The Bertz CT molecular complexity index is 323. The average Bonchev–Trinajstić information content (AvgIpc) is 2.40. The van der Waals surface area contributed by atoms with Crippen molar-refractivity contribution in [2.24, 2.45) is 0 Å². The third-order valence-corrected chi connectivity index (χ3v) is 5.04. The molecule has 1 aromatic rings. The van der Waals surface area contributed by atoms with Crippen molar-refractivity contribution in [1.29, 1.82) is 0 Å². The second-order valence-corrected chi connectivity index (χ2v) is 6.66. The fourth-order valence-corrected chi connectivity index (χ4v) is 3.85. The van der Waals surface area contributed by atoms with E-state index in [0.717, 1.165) is 5.25 Å². The normalized spacial score (nSPS) is 19.6. The van der Waals surface area contributed by atoms with Crippen molar-refractivity contribution in [1.82, 2.24) is 0 Å². The summed E-state index contributed by atoms with van der Waals surface area (Å²) in [7, 11) is 0. The first-order chi connectivity index (χ1) is 8.84. The monoisotopic (exact) mass is 264 g/mol. The maximum atomic E-state index is 9.30. The van der Waals surface area contributed by atoms with Crippen LogP contribution < -0.4 is 0 Å². The highest BCUT2D eigenvalue weighted by atomic mass is 32.2. The van der Waals surface area contributed by atoms with Crippen molar-refractivity contribution in [2.75, 3.05) is 0 Å². The lowest BCUT2D eigenvalue weighted by molar-refractivity contribution is 0.475. The smallest absolute Gasteiger partial charge is 0.115 e. The third-order valence-electron chi connectivity index (χ3n) is 3.69. The molecule has 1 saturated carbocycles. The molecule has 0 saturated heterocycles. The summed E-state index contributed by atoms with van der Waals surface area (Å²) >= 11 is 2.00. The van der Waals surface area contributed by atoms with Gasteiger partial charge < -0.3 is 5.11 Å². The minimum Gasteiger partial charge on any atom is -0.508 e. The van der Waals surface area contributed by atoms with Crippen LogP contribution in [0.2, 0.25) is 0 Å². The molecule has 1 aromatic carbocycles. The lowest BCUT2D eigenvalue weighted by Crippen LogP contribution is -2.04. The molecule has 0 atom stereocenters. The Kier molecular flexibility index (Phi) is 5.92. The molecule has 0 radical (unpaired) electrons. The van der Waals surface area contributed by atoms with Gasteiger partial charge in [0.15, 0.2) is 0 Å². The largest absolute Gasteiger partial charge is 0.508 e. The van der Waals surface area contributed by atoms with Crippen molar-refractivity contribution in [2.45, 2.75) is 67.9 Å². The Balaban J connectivity index is 1.86. The number of phenolic OH excluding ortho intramolecular Hbond substituents is 1. The number of aromatic hydroxyl groups is 1. The Labute approximate surface area is 115 Å². The van der Waals surface area contributed by atoms with Gasteiger partial charge in [-0.2, -0.15) is 0 Å². The standard InChI is InChI=1S/C16H24OS/c17-14-10-12-16(13-11-14)18-15-8-6-4-2-1-3-5-7-9-15/h10-13,15,17H,1-9H2. The van der Waals surface area contributed by atoms with Gasteiger partial charge in [-0.15, -0.1) is 11.8 Å². The Morgan fingerprint density at radius 2 is 1.28 bits per heavy atom. The number of rotatable bonds is 2. The van der Waals surface area contributed by atoms with E-state index in [0.29, 0.717) is 5.75 Å². The summed E-state index contributed by atoms with van der Waals surface area (Å²) in [5.41, 5.74) is 0. The molecular weight excluding hydrogens is 240 g/mol. The molecule has 0 aromatic heterocycles. The maximum absolute atomic E-state index is 9.30. The zero-order chi connectivity index (χ0) is 12.6. The molecular formula is C16H24OS. The molecule has 0 bridgehead atoms. The van der Waals surface area contributed by atoms with Gasteiger partial charge in [-0.3, -0.25) is 0 Å². The lowest BCUT2D eigenvalue weighted by atomic mass is 10.0. The summed E-state index contributed by atoms with van der Waals surface area (Å²) in [6.07, 6.45) is 12.6. The van der Waals surface area contributed by atoms with E-state index in [2.05, 4.69) is 0 Å². The van der Waals surface area contributed by atoms with Crippen LogP contribution in [0.25, 0.3) is 0 Å². The summed E-state index contributed by atoms with van der Waals surface area (Å²) in [5.74, 6) is 0.366. The molecule has 0 heterocycles. The molecule has 1 aliphatic carbocycles. The van der Waals surface area contributed by atoms with Crippen LogP contribution in [0, 0.1) is 0 Å². The van der Waals surface area contributed by atoms with E-state index in [-0.39, 0.29) is 0 Å². The van der Waals surface area contributed by atoms with E-state index in [1.165, 1.54) is 62.7 Å². The molecule has 1 aliphatic rings. The Hall–Kier alpha value is -0.630. The zero-order valence-electron chi connectivity index (χ0n) is 11.1. The zero-order valence-corrected chi connectivity index (χ0v) is 11.9. The summed E-state index contributed by atoms with van der Waals surface area (Å²) in [6, 6.07) is 7.67. The molecule has 1 nitrogen and oxygen atoms in total. The first kappa shape index (κ1) is 13.8. The second kappa shape index (κ2) is 7.73. The minimum absolute atomic E-state index is 0.366. The summed E-state index contributed by atoms with van der Waals surface area (Å²) < 4.78 is 0. The molecule has 1 N–H and O–H groups in total. The van der Waals surface area contributed by atoms with Gasteiger partial charge in [0, 0.05) is 10.1 Å². The number of thioether (sulfide) groups is 1. The molecule has 100 valence electrons. The summed E-state index contributed by atoms with van der Waals surface area (Å²) in [5, 5.41) is 10.1. The molecule has 0 unspecified atom stereocenters. The van der Waals surface area contributed by atoms with Crippen LogP contribution in [0.15, 0.2) is 29.2 Å². The van der Waals surface area contributed by atoms with Crippen molar-refractivity contribution in [3.05, 3.63) is 24.3 Å². The minimum atomic E-state index is 0.366. The van der Waals surface area contributed by atoms with Crippen LogP contribution in [-0.4, -0.2) is 10.4 Å². The molecule has 18 heavy (non-hydrogen) atoms. The highest BCUT2D eigenvalue weighted by molar-refractivity contribution is 8.00. The summed E-state index contributed by atoms with van der Waals surface area (Å²) in [6.45, 7) is 0. The number of phenols is 1. The Morgan fingerprint density at radius 3 is 1.83 bits per heavy atom. The van der Waals surface area contributed by atoms with E-state index < -0.39 is 0 Å². The van der Waals surface area contributed by atoms with Crippen LogP contribution in [-0.2, 0) is 0 Å². The first-order valence-electron chi connectivity index (χ1n) is 7.30. The predicted octanol–water partition coefficient (Wildman–Crippen LogP) is 5.38. The molecule has 1 fully saturated rings. The van der Waals surface area contributed by atoms with Crippen molar-refractivity contribution in [3.63, 3.8) is 0 Å². The van der Waals surface area contributed by atoms with Gasteiger partial charge in [0.2, 0.25) is 0 Å². The highest BCUT2D eigenvalue weighted by Gasteiger charge is 2.11. The van der Waals surface area contributed by atoms with E-state index >= 15 is 0 Å². The number of hydrogen-bond donors (Lipinski definition) is 1.